The average molecular weight is 407 g/mol. The largest absolute Gasteiger partial charge is 0.497 e. The van der Waals surface area contributed by atoms with Crippen molar-refractivity contribution in [3.63, 3.8) is 0 Å². The van der Waals surface area contributed by atoms with Crippen LogP contribution in [0, 0.1) is 13.8 Å². The van der Waals surface area contributed by atoms with Crippen LogP contribution in [0.4, 0.5) is 0 Å². The zero-order valence-electron chi connectivity index (χ0n) is 16.3. The number of carbonyl (C=O) groups excluding carboxylic acids is 1. The first-order chi connectivity index (χ1) is 13.3. The summed E-state index contributed by atoms with van der Waals surface area (Å²) in [5.41, 5.74) is 1.52. The summed E-state index contributed by atoms with van der Waals surface area (Å²) in [6.45, 7) is 4.22. The van der Waals surface area contributed by atoms with Gasteiger partial charge in [-0.1, -0.05) is 18.2 Å². The lowest BCUT2D eigenvalue weighted by Gasteiger charge is -2.11. The second kappa shape index (κ2) is 10.1. The van der Waals surface area contributed by atoms with Crippen LogP contribution in [-0.4, -0.2) is 41.1 Å². The van der Waals surface area contributed by atoms with Crippen molar-refractivity contribution in [2.24, 2.45) is 0 Å². The molecule has 0 fully saturated rings. The van der Waals surface area contributed by atoms with Crippen molar-refractivity contribution in [3.8, 4) is 11.5 Å². The van der Waals surface area contributed by atoms with Gasteiger partial charge in [-0.05, 0) is 43.2 Å². The maximum absolute atomic E-state index is 12.4. The molecule has 0 aliphatic rings. The van der Waals surface area contributed by atoms with E-state index in [0.717, 1.165) is 5.56 Å². The van der Waals surface area contributed by atoms with Gasteiger partial charge in [0.25, 0.3) is 0 Å². The molecule has 2 rings (SSSR count). The van der Waals surface area contributed by atoms with Crippen molar-refractivity contribution in [2.75, 3.05) is 26.8 Å². The Morgan fingerprint density at radius 2 is 1.79 bits per heavy atom. The topological polar surface area (TPSA) is 93.7 Å². The highest BCUT2D eigenvalue weighted by Crippen LogP contribution is 2.18. The Morgan fingerprint density at radius 3 is 2.54 bits per heavy atom. The van der Waals surface area contributed by atoms with Crippen molar-refractivity contribution >= 4 is 15.9 Å². The molecule has 2 aromatic rings. The van der Waals surface area contributed by atoms with Crippen LogP contribution in [0.25, 0.3) is 0 Å². The predicted octanol–water partition coefficient (Wildman–Crippen LogP) is 2.18. The fourth-order valence-electron chi connectivity index (χ4n) is 2.51. The number of nitrogens with one attached hydrogen (secondary N) is 2. The summed E-state index contributed by atoms with van der Waals surface area (Å²) in [7, 11) is -2.07. The molecule has 1 amide bonds. The summed E-state index contributed by atoms with van der Waals surface area (Å²) in [5, 5.41) is 2.70. The van der Waals surface area contributed by atoms with Gasteiger partial charge in [-0.2, -0.15) is 0 Å². The quantitative estimate of drug-likeness (QED) is 0.590. The van der Waals surface area contributed by atoms with E-state index in [1.54, 1.807) is 38.3 Å². The third-order valence-electron chi connectivity index (χ3n) is 4.01. The number of aryl methyl sites for hydroxylation is 2. The van der Waals surface area contributed by atoms with Gasteiger partial charge in [0.15, 0.2) is 0 Å². The van der Waals surface area contributed by atoms with Gasteiger partial charge in [-0.25, -0.2) is 13.1 Å². The van der Waals surface area contributed by atoms with Gasteiger partial charge in [0.2, 0.25) is 15.9 Å². The van der Waals surface area contributed by atoms with E-state index in [-0.39, 0.29) is 23.8 Å². The average Bonchev–Trinajstić information content (AvgIpc) is 2.67. The first-order valence-corrected chi connectivity index (χ1v) is 10.4. The monoisotopic (exact) mass is 406 g/mol. The third kappa shape index (κ3) is 6.54. The van der Waals surface area contributed by atoms with Crippen LogP contribution in [0.5, 0.6) is 11.5 Å². The summed E-state index contributed by atoms with van der Waals surface area (Å²) >= 11 is 0. The number of benzene rings is 2. The smallest absolute Gasteiger partial charge is 0.240 e. The van der Waals surface area contributed by atoms with Crippen molar-refractivity contribution in [2.45, 2.75) is 25.2 Å². The maximum atomic E-state index is 12.4. The predicted molar refractivity (Wildman–Crippen MR) is 107 cm³/mol. The van der Waals surface area contributed by atoms with Gasteiger partial charge >= 0.3 is 0 Å². The fourth-order valence-corrected chi connectivity index (χ4v) is 3.87. The van der Waals surface area contributed by atoms with Crippen molar-refractivity contribution in [1.82, 2.24) is 10.0 Å². The van der Waals surface area contributed by atoms with E-state index in [1.165, 1.54) is 0 Å². The van der Waals surface area contributed by atoms with Crippen LogP contribution in [0.2, 0.25) is 0 Å². The first-order valence-electron chi connectivity index (χ1n) is 8.92. The number of ether oxygens (including phenoxy) is 2. The number of methoxy groups -OCH3 is 1. The fraction of sp³-hybridized carbons (Fsp3) is 0.350. The second-order valence-corrected chi connectivity index (χ2v) is 8.03. The lowest BCUT2D eigenvalue weighted by atomic mass is 10.2. The van der Waals surface area contributed by atoms with Crippen LogP contribution in [0.1, 0.15) is 17.5 Å². The summed E-state index contributed by atoms with van der Waals surface area (Å²) in [5.74, 6) is 1.09. The van der Waals surface area contributed by atoms with Crippen LogP contribution < -0.4 is 19.5 Å². The molecule has 2 N–H and O–H groups in total. The van der Waals surface area contributed by atoms with E-state index >= 15 is 0 Å². The van der Waals surface area contributed by atoms with E-state index in [4.69, 9.17) is 9.47 Å². The maximum Gasteiger partial charge on any atom is 0.240 e. The molecule has 0 spiro atoms. The molecule has 8 heteroatoms. The molecule has 0 unspecified atom stereocenters. The molecule has 0 saturated carbocycles. The number of sulfonamides is 1. The second-order valence-electron chi connectivity index (χ2n) is 6.29. The lowest BCUT2D eigenvalue weighted by Crippen LogP contribution is -2.33. The van der Waals surface area contributed by atoms with Gasteiger partial charge in [-0.3, -0.25) is 4.79 Å². The number of carbonyl (C=O) groups is 1. The third-order valence-corrected chi connectivity index (χ3v) is 5.61. The van der Waals surface area contributed by atoms with Gasteiger partial charge in [-0.15, -0.1) is 0 Å². The van der Waals surface area contributed by atoms with Crippen LogP contribution >= 0.6 is 0 Å². The molecule has 0 aromatic heterocycles. The molecular formula is C20H26N2O5S. The molecular weight excluding hydrogens is 380 g/mol. The highest BCUT2D eigenvalue weighted by molar-refractivity contribution is 7.89. The number of rotatable bonds is 10. The summed E-state index contributed by atoms with van der Waals surface area (Å²) in [6.07, 6.45) is 0.0449. The molecule has 0 saturated heterocycles. The SMILES string of the molecule is COc1cccc(OCCNC(=O)CCNS(=O)(=O)c2cc(C)ccc2C)c1. The van der Waals surface area contributed by atoms with E-state index in [0.29, 0.717) is 30.2 Å². The Hall–Kier alpha value is -2.58. The molecule has 0 heterocycles. The normalized spacial score (nSPS) is 11.1. The molecule has 7 nitrogen and oxygen atoms in total. The van der Waals surface area contributed by atoms with Crippen LogP contribution in [-0.2, 0) is 14.8 Å². The molecule has 152 valence electrons. The Kier molecular flexibility index (Phi) is 7.83. The zero-order chi connectivity index (χ0) is 20.6. The summed E-state index contributed by atoms with van der Waals surface area (Å²) in [6, 6.07) is 12.4. The molecule has 28 heavy (non-hydrogen) atoms. The van der Waals surface area contributed by atoms with Gasteiger partial charge in [0.05, 0.1) is 18.6 Å². The van der Waals surface area contributed by atoms with E-state index in [1.807, 2.05) is 25.1 Å². The van der Waals surface area contributed by atoms with Gasteiger partial charge < -0.3 is 14.8 Å². The minimum Gasteiger partial charge on any atom is -0.497 e. The van der Waals surface area contributed by atoms with Gasteiger partial charge in [0.1, 0.15) is 18.1 Å². The Bertz CT molecular complexity index is 913. The number of hydrogen-bond donors (Lipinski definition) is 2. The van der Waals surface area contributed by atoms with E-state index < -0.39 is 10.0 Å². The lowest BCUT2D eigenvalue weighted by molar-refractivity contribution is -0.121. The molecule has 0 aliphatic heterocycles. The highest BCUT2D eigenvalue weighted by atomic mass is 32.2. The molecule has 0 bridgehead atoms. The zero-order valence-corrected chi connectivity index (χ0v) is 17.1. The minimum atomic E-state index is -3.64. The van der Waals surface area contributed by atoms with Crippen molar-refractivity contribution in [1.29, 1.82) is 0 Å². The summed E-state index contributed by atoms with van der Waals surface area (Å²) < 4.78 is 37.9. The Labute approximate surface area is 166 Å². The summed E-state index contributed by atoms with van der Waals surface area (Å²) in [4.78, 5) is 12.1. The highest BCUT2D eigenvalue weighted by Gasteiger charge is 2.16. The standard InChI is InChI=1S/C20H26N2O5S/c1-15-7-8-16(2)19(13-15)28(24,25)22-10-9-20(23)21-11-12-27-18-6-4-5-17(14-18)26-3/h4-8,13-14,22H,9-12H2,1-3H3,(H,21,23). The van der Waals surface area contributed by atoms with E-state index in [9.17, 15) is 13.2 Å². The van der Waals surface area contributed by atoms with Crippen molar-refractivity contribution in [3.05, 3.63) is 53.6 Å². The molecule has 2 aromatic carbocycles. The van der Waals surface area contributed by atoms with Crippen LogP contribution in [0.15, 0.2) is 47.4 Å². The number of amides is 1. The Morgan fingerprint density at radius 1 is 1.04 bits per heavy atom. The molecule has 0 atom stereocenters. The van der Waals surface area contributed by atoms with Gasteiger partial charge in [0, 0.05) is 19.0 Å². The number of hydrogen-bond acceptors (Lipinski definition) is 5. The van der Waals surface area contributed by atoms with Crippen LogP contribution in [0.3, 0.4) is 0 Å². The first kappa shape index (κ1) is 21.7. The van der Waals surface area contributed by atoms with E-state index in [2.05, 4.69) is 10.0 Å². The Balaban J connectivity index is 1.71. The molecule has 0 aliphatic carbocycles. The molecule has 0 radical (unpaired) electrons. The van der Waals surface area contributed by atoms with Crippen molar-refractivity contribution < 1.29 is 22.7 Å². The minimum absolute atomic E-state index is 0.0261.